The van der Waals surface area contributed by atoms with Gasteiger partial charge in [0.2, 0.25) is 15.9 Å². The van der Waals surface area contributed by atoms with E-state index in [4.69, 9.17) is 4.74 Å². The molecule has 0 N–H and O–H groups in total. The van der Waals surface area contributed by atoms with Crippen LogP contribution in [0.3, 0.4) is 0 Å². The Morgan fingerprint density at radius 1 is 0.939 bits per heavy atom. The summed E-state index contributed by atoms with van der Waals surface area (Å²) in [4.78, 5) is 15.3. The quantitative estimate of drug-likeness (QED) is 0.645. The van der Waals surface area contributed by atoms with Gasteiger partial charge in [-0.15, -0.1) is 0 Å². The van der Waals surface area contributed by atoms with Crippen LogP contribution in [0.15, 0.2) is 53.4 Å². The maximum Gasteiger partial charge on any atom is 0.245 e. The van der Waals surface area contributed by atoms with Crippen molar-refractivity contribution in [1.29, 1.82) is 0 Å². The van der Waals surface area contributed by atoms with Crippen molar-refractivity contribution < 1.29 is 22.3 Å². The molecule has 0 aromatic heterocycles. The number of amides is 1. The number of hydrogen-bond acceptors (Lipinski definition) is 4. The van der Waals surface area contributed by atoms with Crippen LogP contribution >= 0.6 is 0 Å². The minimum Gasteiger partial charge on any atom is -0.497 e. The maximum atomic E-state index is 14.1. The summed E-state index contributed by atoms with van der Waals surface area (Å²) in [5.41, 5.74) is 1.10. The summed E-state index contributed by atoms with van der Waals surface area (Å²) >= 11 is 0. The fourth-order valence-electron chi connectivity index (χ4n) is 4.92. The van der Waals surface area contributed by atoms with Crippen LogP contribution in [0.5, 0.6) is 5.75 Å². The van der Waals surface area contributed by atoms with Gasteiger partial charge in [-0.25, -0.2) is 12.8 Å². The molecule has 2 fully saturated rings. The molecule has 0 bridgehead atoms. The zero-order valence-corrected chi connectivity index (χ0v) is 19.8. The third kappa shape index (κ3) is 5.06. The lowest BCUT2D eigenvalue weighted by molar-refractivity contribution is -0.139. The molecule has 2 aliphatic rings. The van der Waals surface area contributed by atoms with E-state index in [1.807, 2.05) is 29.2 Å². The highest BCUT2D eigenvalue weighted by molar-refractivity contribution is 7.89. The Bertz CT molecular complexity index is 1070. The normalized spacial score (nSPS) is 20.9. The van der Waals surface area contributed by atoms with E-state index in [9.17, 15) is 17.6 Å². The first kappa shape index (κ1) is 23.7. The molecule has 178 valence electrons. The second-order valence-electron chi connectivity index (χ2n) is 8.78. The lowest BCUT2D eigenvalue weighted by Crippen LogP contribution is -2.45. The second kappa shape index (κ2) is 10.2. The van der Waals surface area contributed by atoms with E-state index >= 15 is 0 Å². The standard InChI is InChI=1S/C25H31FN2O4S/c1-32-21-12-10-19(11-13-21)23-8-3-2-6-16-28(23)25(29)20-14-17-27(18-15-20)33(30,31)24-9-5-4-7-22(24)26/h4-5,7,9-13,20,23H,2-3,6,8,14-18H2,1H3. The van der Waals surface area contributed by atoms with E-state index in [1.165, 1.54) is 22.5 Å². The van der Waals surface area contributed by atoms with Crippen molar-refractivity contribution in [3.8, 4) is 5.75 Å². The van der Waals surface area contributed by atoms with Gasteiger partial charge in [-0.05, 0) is 55.5 Å². The van der Waals surface area contributed by atoms with E-state index in [2.05, 4.69) is 0 Å². The minimum absolute atomic E-state index is 0.0195. The van der Waals surface area contributed by atoms with Crippen molar-refractivity contribution in [2.75, 3.05) is 26.7 Å². The molecule has 1 unspecified atom stereocenters. The summed E-state index contributed by atoms with van der Waals surface area (Å²) in [6, 6.07) is 13.4. The highest BCUT2D eigenvalue weighted by Gasteiger charge is 2.37. The number of piperidine rings is 1. The van der Waals surface area contributed by atoms with Gasteiger partial charge < -0.3 is 9.64 Å². The average Bonchev–Trinajstić information content (AvgIpc) is 3.10. The summed E-state index contributed by atoms with van der Waals surface area (Å²) in [5, 5.41) is 0. The minimum atomic E-state index is -3.91. The van der Waals surface area contributed by atoms with Gasteiger partial charge >= 0.3 is 0 Å². The molecule has 0 spiro atoms. The molecule has 33 heavy (non-hydrogen) atoms. The zero-order valence-electron chi connectivity index (χ0n) is 19.0. The largest absolute Gasteiger partial charge is 0.497 e. The molecule has 2 aliphatic heterocycles. The van der Waals surface area contributed by atoms with Gasteiger partial charge in [0.05, 0.1) is 13.2 Å². The van der Waals surface area contributed by atoms with Crippen LogP contribution in [0.2, 0.25) is 0 Å². The number of carbonyl (C=O) groups is 1. The van der Waals surface area contributed by atoms with Gasteiger partial charge in [-0.1, -0.05) is 37.1 Å². The van der Waals surface area contributed by atoms with E-state index in [0.717, 1.165) is 43.1 Å². The Balaban J connectivity index is 1.46. The number of benzene rings is 2. The van der Waals surface area contributed by atoms with Gasteiger partial charge in [0.25, 0.3) is 0 Å². The summed E-state index contributed by atoms with van der Waals surface area (Å²) in [6.07, 6.45) is 4.93. The number of ether oxygens (including phenoxy) is 1. The number of nitrogens with zero attached hydrogens (tertiary/aromatic N) is 2. The number of sulfonamides is 1. The van der Waals surface area contributed by atoms with Crippen molar-refractivity contribution in [1.82, 2.24) is 9.21 Å². The molecule has 2 aromatic carbocycles. The molecular formula is C25H31FN2O4S. The van der Waals surface area contributed by atoms with Crippen molar-refractivity contribution in [2.24, 2.45) is 5.92 Å². The summed E-state index contributed by atoms with van der Waals surface area (Å²) < 4.78 is 46.5. The predicted molar refractivity (Wildman–Crippen MR) is 124 cm³/mol. The number of halogens is 1. The molecule has 2 aromatic rings. The fourth-order valence-corrected chi connectivity index (χ4v) is 6.45. The molecule has 8 heteroatoms. The molecule has 2 heterocycles. The first-order valence-corrected chi connectivity index (χ1v) is 13.0. The summed E-state index contributed by atoms with van der Waals surface area (Å²) in [7, 11) is -2.28. The number of carbonyl (C=O) groups excluding carboxylic acids is 1. The van der Waals surface area contributed by atoms with Gasteiger partial charge in [-0.3, -0.25) is 4.79 Å². The average molecular weight is 475 g/mol. The SMILES string of the molecule is COc1ccc(C2CCCCCN2C(=O)C2CCN(S(=O)(=O)c3ccccc3F)CC2)cc1. The highest BCUT2D eigenvalue weighted by atomic mass is 32.2. The predicted octanol–water partition coefficient (Wildman–Crippen LogP) is 4.38. The Labute approximate surface area is 195 Å². The lowest BCUT2D eigenvalue weighted by Gasteiger charge is -2.37. The maximum absolute atomic E-state index is 14.1. The Kier molecular flexibility index (Phi) is 7.34. The number of methoxy groups -OCH3 is 1. The Morgan fingerprint density at radius 2 is 1.64 bits per heavy atom. The van der Waals surface area contributed by atoms with Crippen molar-refractivity contribution in [2.45, 2.75) is 49.5 Å². The number of hydrogen-bond donors (Lipinski definition) is 0. The van der Waals surface area contributed by atoms with Crippen molar-refractivity contribution >= 4 is 15.9 Å². The molecule has 1 amide bonds. The topological polar surface area (TPSA) is 66.9 Å². The van der Waals surface area contributed by atoms with Gasteiger partial charge in [0, 0.05) is 25.6 Å². The molecule has 2 saturated heterocycles. The fraction of sp³-hybridized carbons (Fsp3) is 0.480. The molecule has 0 radical (unpaired) electrons. The van der Waals surface area contributed by atoms with Gasteiger partial charge in [0.15, 0.2) is 0 Å². The van der Waals surface area contributed by atoms with E-state index in [1.54, 1.807) is 7.11 Å². The molecule has 1 atom stereocenters. The van der Waals surface area contributed by atoms with E-state index in [0.29, 0.717) is 19.4 Å². The van der Waals surface area contributed by atoms with Crippen LogP contribution in [0.1, 0.15) is 50.1 Å². The van der Waals surface area contributed by atoms with Crippen molar-refractivity contribution in [3.63, 3.8) is 0 Å². The first-order valence-electron chi connectivity index (χ1n) is 11.6. The molecule has 6 nitrogen and oxygen atoms in total. The smallest absolute Gasteiger partial charge is 0.245 e. The van der Waals surface area contributed by atoms with Crippen LogP contribution in [0.4, 0.5) is 4.39 Å². The molecule has 4 rings (SSSR count). The van der Waals surface area contributed by atoms with Crippen LogP contribution < -0.4 is 4.74 Å². The van der Waals surface area contributed by atoms with Crippen LogP contribution in [-0.2, 0) is 14.8 Å². The summed E-state index contributed by atoms with van der Waals surface area (Å²) in [5.74, 6) is -0.0899. The van der Waals surface area contributed by atoms with Crippen LogP contribution in [-0.4, -0.2) is 50.3 Å². The van der Waals surface area contributed by atoms with E-state index in [-0.39, 0.29) is 35.9 Å². The highest BCUT2D eigenvalue weighted by Crippen LogP contribution is 2.34. The van der Waals surface area contributed by atoms with Crippen LogP contribution in [0.25, 0.3) is 0 Å². The van der Waals surface area contributed by atoms with Crippen molar-refractivity contribution in [3.05, 3.63) is 59.9 Å². The van der Waals surface area contributed by atoms with Gasteiger partial charge in [-0.2, -0.15) is 4.31 Å². The van der Waals surface area contributed by atoms with Gasteiger partial charge in [0.1, 0.15) is 16.5 Å². The summed E-state index contributed by atoms with van der Waals surface area (Å²) in [6.45, 7) is 1.14. The second-order valence-corrected chi connectivity index (χ2v) is 10.7. The molecule has 0 saturated carbocycles. The lowest BCUT2D eigenvalue weighted by atomic mass is 9.94. The molecular weight excluding hydrogens is 443 g/mol. The monoisotopic (exact) mass is 474 g/mol. The first-order chi connectivity index (χ1) is 15.9. The molecule has 0 aliphatic carbocycles. The van der Waals surface area contributed by atoms with Crippen LogP contribution in [0, 0.1) is 11.7 Å². The number of rotatable bonds is 5. The van der Waals surface area contributed by atoms with E-state index < -0.39 is 15.8 Å². The third-order valence-electron chi connectivity index (χ3n) is 6.79. The third-order valence-corrected chi connectivity index (χ3v) is 8.73. The number of likely N-dealkylation sites (tertiary alicyclic amines) is 1. The Morgan fingerprint density at radius 3 is 2.30 bits per heavy atom. The zero-order chi connectivity index (χ0) is 23.4. The Hall–Kier alpha value is -2.45.